The van der Waals surface area contributed by atoms with Crippen LogP contribution < -0.4 is 0 Å². The smallest absolute Gasteiger partial charge is 0.352 e. The largest absolute Gasteiger partial charge is 0.472 e. The van der Waals surface area contributed by atoms with Crippen LogP contribution in [0, 0.1) is 28.1 Å². The molecule has 0 unspecified atom stereocenters. The molecule has 0 amide bonds. The summed E-state index contributed by atoms with van der Waals surface area (Å²) >= 11 is 0. The third kappa shape index (κ3) is 4.37. The van der Waals surface area contributed by atoms with Gasteiger partial charge in [-0.2, -0.15) is 0 Å². The third-order valence-electron chi connectivity index (χ3n) is 12.8. The van der Waals surface area contributed by atoms with Gasteiger partial charge in [-0.3, -0.25) is 4.79 Å². The molecule has 268 valence electrons. The minimum Gasteiger partial charge on any atom is -0.472 e. The highest BCUT2D eigenvalue weighted by atomic mass is 16.6. The molecule has 6 rings (SSSR count). The Morgan fingerprint density at radius 2 is 1.82 bits per heavy atom. The van der Waals surface area contributed by atoms with Crippen molar-refractivity contribution < 1.29 is 63.0 Å². The van der Waals surface area contributed by atoms with Crippen molar-refractivity contribution in [3.8, 4) is 0 Å². The predicted molar refractivity (Wildman–Crippen MR) is 168 cm³/mol. The lowest BCUT2D eigenvalue weighted by atomic mass is 9.40. The number of furan rings is 1. The van der Waals surface area contributed by atoms with Gasteiger partial charge in [-0.25, -0.2) is 14.4 Å². The molecule has 0 spiro atoms. The number of hydrogen-bond donors (Lipinski definition) is 4. The molecule has 1 saturated heterocycles. The molecule has 4 fully saturated rings. The van der Waals surface area contributed by atoms with E-state index >= 15 is 0 Å². The summed E-state index contributed by atoms with van der Waals surface area (Å²) < 4.78 is 28.1. The van der Waals surface area contributed by atoms with Gasteiger partial charge in [0.05, 0.1) is 19.6 Å². The first-order valence-corrected chi connectivity index (χ1v) is 16.6. The average molecular weight is 687 g/mol. The number of hydrogen-bond acceptors (Lipinski definition) is 13. The number of methoxy groups -OCH3 is 1. The monoisotopic (exact) mass is 686 g/mol. The molecule has 5 aliphatic rings. The lowest BCUT2D eigenvalue weighted by molar-refractivity contribution is -0.314. The van der Waals surface area contributed by atoms with Crippen molar-refractivity contribution in [2.45, 2.75) is 115 Å². The van der Waals surface area contributed by atoms with Gasteiger partial charge in [0.1, 0.15) is 23.9 Å². The van der Waals surface area contributed by atoms with E-state index in [1.165, 1.54) is 46.5 Å². The van der Waals surface area contributed by atoms with Crippen molar-refractivity contribution in [2.75, 3.05) is 7.11 Å². The zero-order valence-electron chi connectivity index (χ0n) is 29.1. The summed E-state index contributed by atoms with van der Waals surface area (Å²) in [6, 6.07) is 1.63. The molecule has 4 N–H and O–H groups in total. The molecular weight excluding hydrogens is 640 g/mol. The normalized spacial score (nSPS) is 42.6. The molecule has 49 heavy (non-hydrogen) atoms. The van der Waals surface area contributed by atoms with Crippen molar-refractivity contribution in [1.82, 2.24) is 0 Å². The highest BCUT2D eigenvalue weighted by molar-refractivity contribution is 5.88. The van der Waals surface area contributed by atoms with Crippen LogP contribution >= 0.6 is 0 Å². The van der Waals surface area contributed by atoms with Crippen LogP contribution in [-0.4, -0.2) is 86.5 Å². The summed E-state index contributed by atoms with van der Waals surface area (Å²) in [6.07, 6.45) is -1.54. The predicted octanol–water partition coefficient (Wildman–Crippen LogP) is 2.60. The second-order valence-corrected chi connectivity index (χ2v) is 15.7. The summed E-state index contributed by atoms with van der Waals surface area (Å²) in [5, 5.41) is 48.9. The maximum Gasteiger partial charge on any atom is 0.352 e. The Balaban J connectivity index is 1.65. The third-order valence-corrected chi connectivity index (χ3v) is 12.8. The molecule has 0 aromatic carbocycles. The van der Waals surface area contributed by atoms with Gasteiger partial charge in [0.15, 0.2) is 11.2 Å². The maximum absolute atomic E-state index is 13.9. The number of cyclic esters (lactones) is 1. The fourth-order valence-electron chi connectivity index (χ4n) is 10.4. The van der Waals surface area contributed by atoms with Crippen molar-refractivity contribution in [3.05, 3.63) is 47.0 Å². The van der Waals surface area contributed by atoms with E-state index in [0.717, 1.165) is 0 Å². The Kier molecular flexibility index (Phi) is 7.92. The SMILES string of the molecule is C/C=C(\C)C(=O)O[C@H]1[C@@]2(C)C[C@@]3(O)[C@](C)([C@H]4CC[C@]5(C)C(=C4[C@H](O)[C@@]13O)[C@@H](OC(=O)C(C)(C)O)C(=O)O[C@H]5c1ccoc1)[C@H]2CC(=O)OC. The quantitative estimate of drug-likeness (QED) is 0.141. The van der Waals surface area contributed by atoms with Gasteiger partial charge in [0.2, 0.25) is 6.10 Å². The number of allylic oxidation sites excluding steroid dienone is 1. The van der Waals surface area contributed by atoms with E-state index in [4.69, 9.17) is 23.4 Å². The molecule has 13 nitrogen and oxygen atoms in total. The Hall–Kier alpha value is -3.52. The fourth-order valence-corrected chi connectivity index (χ4v) is 10.4. The van der Waals surface area contributed by atoms with Crippen molar-refractivity contribution in [2.24, 2.45) is 28.1 Å². The Morgan fingerprint density at radius 3 is 2.39 bits per heavy atom. The number of fused-ring (bicyclic) bond motifs is 4. The van der Waals surface area contributed by atoms with Crippen LogP contribution in [0.5, 0.6) is 0 Å². The minimum absolute atomic E-state index is 0.119. The molecular formula is C36H46O13. The van der Waals surface area contributed by atoms with Gasteiger partial charge in [0, 0.05) is 33.8 Å². The molecule has 2 bridgehead atoms. The first-order chi connectivity index (χ1) is 22.7. The van der Waals surface area contributed by atoms with Gasteiger partial charge in [-0.15, -0.1) is 0 Å². The number of carbonyl (C=O) groups excluding carboxylic acids is 4. The number of carbonyl (C=O) groups is 4. The number of rotatable bonds is 7. The topological polar surface area (TPSA) is 199 Å². The highest BCUT2D eigenvalue weighted by Crippen LogP contribution is 2.80. The number of esters is 4. The van der Waals surface area contributed by atoms with Crippen LogP contribution in [0.25, 0.3) is 0 Å². The van der Waals surface area contributed by atoms with E-state index in [1.807, 2.05) is 0 Å². The van der Waals surface area contributed by atoms with E-state index in [2.05, 4.69) is 0 Å². The van der Waals surface area contributed by atoms with Crippen LogP contribution in [0.2, 0.25) is 0 Å². The summed E-state index contributed by atoms with van der Waals surface area (Å²) in [5.74, 6) is -4.99. The summed E-state index contributed by atoms with van der Waals surface area (Å²) in [6.45, 7) is 10.8. The number of aliphatic hydroxyl groups is 4. The number of aliphatic hydroxyl groups excluding tert-OH is 1. The van der Waals surface area contributed by atoms with Crippen LogP contribution in [-0.2, 0) is 38.1 Å². The zero-order valence-corrected chi connectivity index (χ0v) is 29.1. The first kappa shape index (κ1) is 35.3. The Morgan fingerprint density at radius 1 is 1.14 bits per heavy atom. The average Bonchev–Trinajstić information content (AvgIpc) is 3.68. The van der Waals surface area contributed by atoms with Crippen molar-refractivity contribution in [1.29, 1.82) is 0 Å². The van der Waals surface area contributed by atoms with Crippen LogP contribution in [0.3, 0.4) is 0 Å². The summed E-state index contributed by atoms with van der Waals surface area (Å²) in [7, 11) is 1.24. The standard InChI is InChI=1S/C36H46O13/c1-9-17(2)27(39)49-29-33(6)16-35(43)34(7,20(33)14-21(37)45-8)19-10-12-32(5)23(22(19)25(38)36(29,35)44)24(47-30(41)31(3,4)42)28(40)48-26(32)18-11-13-46-15-18/h9,11,13,15,19-20,24-26,29,38,42-44H,10,12,14,16H2,1-8H3/b17-9+/t19-,20-,24+,25-,26-,29-,32+,33-,34+,35+,36+/m0/s1. The number of ether oxygens (including phenoxy) is 4. The van der Waals surface area contributed by atoms with E-state index in [1.54, 1.807) is 33.8 Å². The molecule has 11 atom stereocenters. The molecule has 1 aliphatic heterocycles. The first-order valence-electron chi connectivity index (χ1n) is 16.6. The van der Waals surface area contributed by atoms with Crippen molar-refractivity contribution >= 4 is 23.9 Å². The zero-order chi connectivity index (χ0) is 36.3. The van der Waals surface area contributed by atoms with E-state index in [0.29, 0.717) is 18.4 Å². The van der Waals surface area contributed by atoms with Gasteiger partial charge in [0.25, 0.3) is 0 Å². The summed E-state index contributed by atoms with van der Waals surface area (Å²) in [4.78, 5) is 53.5. The molecule has 1 aromatic rings. The highest BCUT2D eigenvalue weighted by Gasteiger charge is 2.89. The van der Waals surface area contributed by atoms with Gasteiger partial charge < -0.3 is 43.8 Å². The van der Waals surface area contributed by atoms with Crippen LogP contribution in [0.15, 0.2) is 45.8 Å². The van der Waals surface area contributed by atoms with E-state index in [9.17, 15) is 39.6 Å². The second kappa shape index (κ2) is 11.0. The molecule has 3 saturated carbocycles. The van der Waals surface area contributed by atoms with Gasteiger partial charge in [-0.1, -0.05) is 26.8 Å². The van der Waals surface area contributed by atoms with Gasteiger partial charge >= 0.3 is 23.9 Å². The Labute approximate surface area is 284 Å². The molecule has 0 radical (unpaired) electrons. The minimum atomic E-state index is -2.54. The maximum atomic E-state index is 13.9. The van der Waals surface area contributed by atoms with Gasteiger partial charge in [-0.05, 0) is 76.0 Å². The van der Waals surface area contributed by atoms with E-state index < -0.39 is 93.2 Å². The van der Waals surface area contributed by atoms with E-state index in [-0.39, 0.29) is 29.6 Å². The van der Waals surface area contributed by atoms with Crippen LogP contribution in [0.1, 0.15) is 85.8 Å². The lowest BCUT2D eigenvalue weighted by Crippen LogP contribution is -2.80. The molecule has 4 aliphatic carbocycles. The fraction of sp³-hybridized carbons (Fsp3) is 0.667. The van der Waals surface area contributed by atoms with Crippen LogP contribution in [0.4, 0.5) is 0 Å². The molecule has 13 heteroatoms. The Bertz CT molecular complexity index is 1650. The summed E-state index contributed by atoms with van der Waals surface area (Å²) in [5.41, 5.74) is -9.37. The second-order valence-electron chi connectivity index (χ2n) is 15.7. The molecule has 1 aromatic heterocycles. The van der Waals surface area contributed by atoms with Crippen molar-refractivity contribution in [3.63, 3.8) is 0 Å². The lowest BCUT2D eigenvalue weighted by Gasteiger charge is -2.68. The molecule has 2 heterocycles.